The van der Waals surface area contributed by atoms with Gasteiger partial charge in [0.05, 0.1) is 0 Å². The quantitative estimate of drug-likeness (QED) is 0.173. The topological polar surface area (TPSA) is 6.48 Å². The molecule has 0 fully saturated rings. The number of hydrogen-bond donors (Lipinski definition) is 0. The number of para-hydroxylation sites is 2. The SMILES string of the molecule is Cc1ccc(N(c2ccc3c(ccc4sc5ccc6cc(N(c7ccc(C)cc7)c7ccccc7C)ccc6c5c43)c2)c2ccccc2C)cc1. The molecule has 0 N–H and O–H groups in total. The first kappa shape index (κ1) is 31.1. The van der Waals surface area contributed by atoms with Crippen LogP contribution in [0.15, 0.2) is 158 Å². The minimum atomic E-state index is 1.15. The van der Waals surface area contributed by atoms with Crippen LogP contribution in [-0.4, -0.2) is 0 Å². The lowest BCUT2D eigenvalue weighted by Crippen LogP contribution is -2.11. The van der Waals surface area contributed by atoms with Crippen LogP contribution in [0.25, 0.3) is 41.7 Å². The Kier molecular flexibility index (Phi) is 7.60. The molecule has 0 aliphatic carbocycles. The Morgan fingerprint density at radius 3 is 1.18 bits per heavy atom. The molecule has 0 radical (unpaired) electrons. The van der Waals surface area contributed by atoms with Gasteiger partial charge in [-0.25, -0.2) is 0 Å². The summed E-state index contributed by atoms with van der Waals surface area (Å²) < 4.78 is 2.63. The molecule has 0 bridgehead atoms. The van der Waals surface area contributed by atoms with Crippen LogP contribution in [-0.2, 0) is 0 Å². The highest BCUT2D eigenvalue weighted by Crippen LogP contribution is 2.46. The predicted octanol–water partition coefficient (Wildman–Crippen LogP) is 14.5. The third-order valence-corrected chi connectivity index (χ3v) is 11.3. The van der Waals surface area contributed by atoms with E-state index in [4.69, 9.17) is 0 Å². The Morgan fingerprint density at radius 1 is 0.373 bits per heavy atom. The number of benzene rings is 8. The van der Waals surface area contributed by atoms with Gasteiger partial charge in [0.2, 0.25) is 0 Å². The Balaban J connectivity index is 1.22. The van der Waals surface area contributed by atoms with Crippen molar-refractivity contribution in [1.82, 2.24) is 0 Å². The minimum Gasteiger partial charge on any atom is -0.310 e. The highest BCUT2D eigenvalue weighted by molar-refractivity contribution is 7.26. The van der Waals surface area contributed by atoms with Crippen molar-refractivity contribution in [2.24, 2.45) is 0 Å². The second kappa shape index (κ2) is 12.5. The molecular formula is C48H38N2S. The molecule has 8 aromatic carbocycles. The maximum Gasteiger partial charge on any atom is 0.0490 e. The molecule has 9 rings (SSSR count). The lowest BCUT2D eigenvalue weighted by molar-refractivity contribution is 1.25. The Labute approximate surface area is 303 Å². The van der Waals surface area contributed by atoms with Gasteiger partial charge in [-0.15, -0.1) is 11.3 Å². The van der Waals surface area contributed by atoms with E-state index in [1.54, 1.807) is 0 Å². The van der Waals surface area contributed by atoms with Gasteiger partial charge in [0, 0.05) is 54.3 Å². The van der Waals surface area contributed by atoms with E-state index >= 15 is 0 Å². The molecule has 0 unspecified atom stereocenters. The summed E-state index contributed by atoms with van der Waals surface area (Å²) in [5, 5.41) is 7.73. The molecule has 0 saturated carbocycles. The molecule has 246 valence electrons. The fourth-order valence-electron chi connectivity index (χ4n) is 7.55. The van der Waals surface area contributed by atoms with E-state index in [9.17, 15) is 0 Å². The van der Waals surface area contributed by atoms with Crippen LogP contribution in [0.4, 0.5) is 34.1 Å². The summed E-state index contributed by atoms with van der Waals surface area (Å²) in [7, 11) is 0. The monoisotopic (exact) mass is 674 g/mol. The number of aryl methyl sites for hydroxylation is 4. The van der Waals surface area contributed by atoms with Gasteiger partial charge in [-0.3, -0.25) is 0 Å². The summed E-state index contributed by atoms with van der Waals surface area (Å²) in [6, 6.07) is 58.2. The molecule has 3 heteroatoms. The van der Waals surface area contributed by atoms with Crippen molar-refractivity contribution in [2.45, 2.75) is 27.7 Å². The zero-order valence-electron chi connectivity index (χ0n) is 29.3. The largest absolute Gasteiger partial charge is 0.310 e. The van der Waals surface area contributed by atoms with E-state index < -0.39 is 0 Å². The highest BCUT2D eigenvalue weighted by atomic mass is 32.1. The van der Waals surface area contributed by atoms with Gasteiger partial charge in [0.25, 0.3) is 0 Å². The van der Waals surface area contributed by atoms with Crippen molar-refractivity contribution < 1.29 is 0 Å². The number of fused-ring (bicyclic) bond motifs is 7. The fraction of sp³-hybridized carbons (Fsp3) is 0.0833. The summed E-state index contributed by atoms with van der Waals surface area (Å²) in [4.78, 5) is 4.77. The molecule has 51 heavy (non-hydrogen) atoms. The Bertz CT molecular complexity index is 2550. The average Bonchev–Trinajstić information content (AvgIpc) is 3.54. The summed E-state index contributed by atoms with van der Waals surface area (Å²) in [5.41, 5.74) is 12.0. The van der Waals surface area contributed by atoms with E-state index in [1.807, 2.05) is 11.3 Å². The van der Waals surface area contributed by atoms with E-state index in [0.29, 0.717) is 0 Å². The molecule has 0 atom stereocenters. The smallest absolute Gasteiger partial charge is 0.0490 e. The first-order chi connectivity index (χ1) is 24.9. The van der Waals surface area contributed by atoms with Crippen LogP contribution >= 0.6 is 11.3 Å². The van der Waals surface area contributed by atoms with Crippen molar-refractivity contribution >= 4 is 87.2 Å². The number of nitrogens with zero attached hydrogens (tertiary/aromatic N) is 2. The first-order valence-electron chi connectivity index (χ1n) is 17.6. The number of hydrogen-bond acceptors (Lipinski definition) is 3. The lowest BCUT2D eigenvalue weighted by atomic mass is 9.98. The Hall–Kier alpha value is -5.90. The van der Waals surface area contributed by atoms with E-state index in [1.165, 1.54) is 75.3 Å². The average molecular weight is 675 g/mol. The Morgan fingerprint density at radius 2 is 0.765 bits per heavy atom. The van der Waals surface area contributed by atoms with Crippen molar-refractivity contribution in [3.05, 3.63) is 180 Å². The van der Waals surface area contributed by atoms with Crippen LogP contribution in [0.1, 0.15) is 22.3 Å². The molecular weight excluding hydrogens is 637 g/mol. The molecule has 0 aliphatic rings. The number of thiophene rings is 1. The maximum absolute atomic E-state index is 2.38. The van der Waals surface area contributed by atoms with Crippen molar-refractivity contribution in [3.8, 4) is 0 Å². The van der Waals surface area contributed by atoms with Gasteiger partial charge in [-0.2, -0.15) is 0 Å². The highest BCUT2D eigenvalue weighted by Gasteiger charge is 2.19. The predicted molar refractivity (Wildman–Crippen MR) is 223 cm³/mol. The molecule has 0 saturated heterocycles. The molecule has 2 nitrogen and oxygen atoms in total. The van der Waals surface area contributed by atoms with Gasteiger partial charge in [-0.1, -0.05) is 96.1 Å². The van der Waals surface area contributed by atoms with Crippen LogP contribution in [0, 0.1) is 27.7 Å². The second-order valence-corrected chi connectivity index (χ2v) is 14.8. The van der Waals surface area contributed by atoms with E-state index in [-0.39, 0.29) is 0 Å². The van der Waals surface area contributed by atoms with Gasteiger partial charge < -0.3 is 9.80 Å². The lowest BCUT2D eigenvalue weighted by Gasteiger charge is -2.27. The molecule has 1 heterocycles. The van der Waals surface area contributed by atoms with Gasteiger partial charge in [0.1, 0.15) is 0 Å². The maximum atomic E-state index is 2.38. The normalized spacial score (nSPS) is 11.5. The molecule has 1 aromatic heterocycles. The zero-order chi connectivity index (χ0) is 34.6. The zero-order valence-corrected chi connectivity index (χ0v) is 30.1. The first-order valence-corrected chi connectivity index (χ1v) is 18.4. The second-order valence-electron chi connectivity index (χ2n) is 13.7. The standard InChI is InChI=1S/C48H38N2S/c1-31-13-19-37(20-14-31)49(43-11-7-5-9-33(43)3)39-23-25-41-35(29-39)17-27-45-47(41)48-42-26-24-40(30-36(42)18-28-46(48)51-45)50(38-21-15-32(2)16-22-38)44-12-8-6-10-34(44)4/h5-30H,1-4H3. The van der Waals surface area contributed by atoms with E-state index in [0.717, 1.165) is 22.7 Å². The van der Waals surface area contributed by atoms with Gasteiger partial charge in [-0.05, 0) is 133 Å². The van der Waals surface area contributed by atoms with E-state index in [2.05, 4.69) is 195 Å². The molecule has 0 spiro atoms. The van der Waals surface area contributed by atoms with Crippen LogP contribution in [0.2, 0.25) is 0 Å². The van der Waals surface area contributed by atoms with Crippen LogP contribution in [0.5, 0.6) is 0 Å². The summed E-state index contributed by atoms with van der Waals surface area (Å²) in [6.45, 7) is 8.67. The van der Waals surface area contributed by atoms with Crippen molar-refractivity contribution in [1.29, 1.82) is 0 Å². The van der Waals surface area contributed by atoms with Crippen molar-refractivity contribution in [3.63, 3.8) is 0 Å². The number of rotatable bonds is 6. The molecule has 0 amide bonds. The third-order valence-electron chi connectivity index (χ3n) is 10.2. The third kappa shape index (κ3) is 5.42. The van der Waals surface area contributed by atoms with Crippen LogP contribution < -0.4 is 9.80 Å². The van der Waals surface area contributed by atoms with Gasteiger partial charge >= 0.3 is 0 Å². The van der Waals surface area contributed by atoms with Crippen molar-refractivity contribution in [2.75, 3.05) is 9.80 Å². The minimum absolute atomic E-state index is 1.15. The number of anilines is 6. The summed E-state index contributed by atoms with van der Waals surface area (Å²) >= 11 is 1.89. The van der Waals surface area contributed by atoms with Gasteiger partial charge in [0.15, 0.2) is 0 Å². The summed E-state index contributed by atoms with van der Waals surface area (Å²) in [6.07, 6.45) is 0. The molecule has 9 aromatic rings. The summed E-state index contributed by atoms with van der Waals surface area (Å²) in [5.74, 6) is 0. The molecule has 0 aliphatic heterocycles. The van der Waals surface area contributed by atoms with Crippen LogP contribution in [0.3, 0.4) is 0 Å². The fourth-order valence-corrected chi connectivity index (χ4v) is 8.68.